The molecule has 0 atom stereocenters. The van der Waals surface area contributed by atoms with Gasteiger partial charge < -0.3 is 9.52 Å². The van der Waals surface area contributed by atoms with Gasteiger partial charge in [-0.2, -0.15) is 0 Å². The molecular weight excluding hydrogens is 272 g/mol. The Labute approximate surface area is 101 Å². The van der Waals surface area contributed by atoms with Crippen molar-refractivity contribution in [3.63, 3.8) is 0 Å². The van der Waals surface area contributed by atoms with Crippen LogP contribution < -0.4 is 0 Å². The van der Waals surface area contributed by atoms with Gasteiger partial charge in [-0.1, -0.05) is 28.1 Å². The number of hydrogen-bond acceptors (Lipinski definition) is 2. The predicted molar refractivity (Wildman–Crippen MR) is 62.6 cm³/mol. The summed E-state index contributed by atoms with van der Waals surface area (Å²) in [6, 6.07) is 11.0. The topological polar surface area (TPSA) is 50.4 Å². The average Bonchev–Trinajstić information content (AvgIpc) is 2.66. The van der Waals surface area contributed by atoms with E-state index in [-0.39, 0.29) is 5.76 Å². The number of furan rings is 1. The van der Waals surface area contributed by atoms with Crippen molar-refractivity contribution in [1.29, 1.82) is 0 Å². The summed E-state index contributed by atoms with van der Waals surface area (Å²) in [5, 5.41) is 8.71. The van der Waals surface area contributed by atoms with Crippen LogP contribution in [0.25, 0.3) is 0 Å². The zero-order valence-electron chi connectivity index (χ0n) is 8.31. The first kappa shape index (κ1) is 11.0. The first-order valence-corrected chi connectivity index (χ1v) is 5.51. The van der Waals surface area contributed by atoms with Gasteiger partial charge in [0.05, 0.1) is 0 Å². The van der Waals surface area contributed by atoms with Gasteiger partial charge in [0, 0.05) is 10.9 Å². The molecule has 0 bridgehead atoms. The molecule has 0 aliphatic rings. The van der Waals surface area contributed by atoms with Crippen LogP contribution in [0.4, 0.5) is 0 Å². The predicted octanol–water partition coefficient (Wildman–Crippen LogP) is 3.33. The van der Waals surface area contributed by atoms with E-state index in [9.17, 15) is 4.79 Å². The Morgan fingerprint density at radius 3 is 2.75 bits per heavy atom. The van der Waals surface area contributed by atoms with Gasteiger partial charge in [0.2, 0.25) is 5.76 Å². The van der Waals surface area contributed by atoms with Crippen LogP contribution in [-0.4, -0.2) is 11.1 Å². The van der Waals surface area contributed by atoms with Gasteiger partial charge in [0.1, 0.15) is 5.76 Å². The smallest absolute Gasteiger partial charge is 0.371 e. The zero-order valence-corrected chi connectivity index (χ0v) is 9.90. The Morgan fingerprint density at radius 2 is 2.12 bits per heavy atom. The van der Waals surface area contributed by atoms with Gasteiger partial charge in [-0.25, -0.2) is 4.79 Å². The maximum Gasteiger partial charge on any atom is 0.371 e. The molecule has 16 heavy (non-hydrogen) atoms. The minimum Gasteiger partial charge on any atom is -0.475 e. The highest BCUT2D eigenvalue weighted by atomic mass is 79.9. The summed E-state index contributed by atoms with van der Waals surface area (Å²) >= 11 is 3.38. The maximum atomic E-state index is 10.6. The second kappa shape index (κ2) is 4.53. The quantitative estimate of drug-likeness (QED) is 0.938. The zero-order chi connectivity index (χ0) is 11.5. The summed E-state index contributed by atoms with van der Waals surface area (Å²) in [5.74, 6) is -0.416. The summed E-state index contributed by atoms with van der Waals surface area (Å²) in [5.41, 5.74) is 1.07. The minimum atomic E-state index is -1.04. The largest absolute Gasteiger partial charge is 0.475 e. The highest BCUT2D eigenvalue weighted by Gasteiger charge is 2.09. The van der Waals surface area contributed by atoms with Crippen molar-refractivity contribution in [3.05, 3.63) is 58.0 Å². The Balaban J connectivity index is 2.17. The van der Waals surface area contributed by atoms with Crippen molar-refractivity contribution >= 4 is 21.9 Å². The van der Waals surface area contributed by atoms with E-state index >= 15 is 0 Å². The highest BCUT2D eigenvalue weighted by Crippen LogP contribution is 2.17. The van der Waals surface area contributed by atoms with Crippen LogP contribution in [0.2, 0.25) is 0 Å². The second-order valence-electron chi connectivity index (χ2n) is 3.38. The second-order valence-corrected chi connectivity index (χ2v) is 4.29. The summed E-state index contributed by atoms with van der Waals surface area (Å²) in [7, 11) is 0. The number of benzene rings is 1. The van der Waals surface area contributed by atoms with Crippen LogP contribution in [-0.2, 0) is 6.42 Å². The van der Waals surface area contributed by atoms with Gasteiger partial charge in [0.25, 0.3) is 0 Å². The normalized spacial score (nSPS) is 10.3. The Morgan fingerprint density at radius 1 is 1.31 bits per heavy atom. The van der Waals surface area contributed by atoms with Gasteiger partial charge in [0.15, 0.2) is 0 Å². The van der Waals surface area contributed by atoms with E-state index in [1.54, 1.807) is 6.07 Å². The molecule has 0 spiro atoms. The van der Waals surface area contributed by atoms with Gasteiger partial charge in [-0.3, -0.25) is 0 Å². The number of carbonyl (C=O) groups is 1. The van der Waals surface area contributed by atoms with E-state index < -0.39 is 5.97 Å². The van der Waals surface area contributed by atoms with Gasteiger partial charge >= 0.3 is 5.97 Å². The molecule has 0 aliphatic carbocycles. The van der Waals surface area contributed by atoms with Crippen molar-refractivity contribution < 1.29 is 14.3 Å². The Bertz CT molecular complexity index is 516. The highest BCUT2D eigenvalue weighted by molar-refractivity contribution is 9.10. The van der Waals surface area contributed by atoms with Crippen LogP contribution in [0, 0.1) is 0 Å². The Kier molecular flexibility index (Phi) is 3.10. The van der Waals surface area contributed by atoms with Gasteiger partial charge in [-0.15, -0.1) is 0 Å². The third kappa shape index (κ3) is 2.52. The standard InChI is InChI=1S/C12H9BrO3/c13-9-3-1-2-8(6-9)7-10-4-5-11(16-10)12(14)15/h1-6H,7H2,(H,14,15). The average molecular weight is 281 g/mol. The van der Waals surface area contributed by atoms with E-state index in [1.807, 2.05) is 24.3 Å². The third-order valence-electron chi connectivity index (χ3n) is 2.14. The molecule has 0 saturated heterocycles. The fourth-order valence-corrected chi connectivity index (χ4v) is 1.88. The molecule has 3 nitrogen and oxygen atoms in total. The molecule has 0 aliphatic heterocycles. The monoisotopic (exact) mass is 280 g/mol. The maximum absolute atomic E-state index is 10.6. The molecule has 82 valence electrons. The lowest BCUT2D eigenvalue weighted by molar-refractivity contribution is 0.0660. The number of halogens is 1. The van der Waals surface area contributed by atoms with Crippen LogP contribution in [0.15, 0.2) is 45.3 Å². The summed E-state index contributed by atoms with van der Waals surface area (Å²) in [6.07, 6.45) is 0.590. The molecule has 1 aromatic heterocycles. The van der Waals surface area contributed by atoms with Crippen molar-refractivity contribution in [3.8, 4) is 0 Å². The SMILES string of the molecule is O=C(O)c1ccc(Cc2cccc(Br)c2)o1. The number of hydrogen-bond donors (Lipinski definition) is 1. The molecule has 4 heteroatoms. The van der Waals surface area contributed by atoms with E-state index in [1.165, 1.54) is 6.07 Å². The number of aromatic carboxylic acids is 1. The number of carboxylic acids is 1. The molecule has 2 rings (SSSR count). The van der Waals surface area contributed by atoms with Gasteiger partial charge in [-0.05, 0) is 29.8 Å². The molecule has 0 fully saturated rings. The molecule has 0 radical (unpaired) electrons. The van der Waals surface area contributed by atoms with Crippen molar-refractivity contribution in [2.24, 2.45) is 0 Å². The molecular formula is C12H9BrO3. The molecule has 0 saturated carbocycles. The van der Waals surface area contributed by atoms with Crippen molar-refractivity contribution in [1.82, 2.24) is 0 Å². The van der Waals surface area contributed by atoms with Crippen molar-refractivity contribution in [2.75, 3.05) is 0 Å². The molecule has 0 amide bonds. The van der Waals surface area contributed by atoms with Crippen LogP contribution >= 0.6 is 15.9 Å². The first-order valence-electron chi connectivity index (χ1n) is 4.71. The first-order chi connectivity index (χ1) is 7.65. The summed E-state index contributed by atoms with van der Waals surface area (Å²) in [6.45, 7) is 0. The Hall–Kier alpha value is -1.55. The van der Waals surface area contributed by atoms with Crippen LogP contribution in [0.3, 0.4) is 0 Å². The lowest BCUT2D eigenvalue weighted by atomic mass is 10.1. The third-order valence-corrected chi connectivity index (χ3v) is 2.63. The van der Waals surface area contributed by atoms with Crippen LogP contribution in [0.1, 0.15) is 21.9 Å². The summed E-state index contributed by atoms with van der Waals surface area (Å²) < 4.78 is 6.17. The number of carboxylic acid groups (broad SMARTS) is 1. The van der Waals surface area contributed by atoms with Crippen LogP contribution in [0.5, 0.6) is 0 Å². The van der Waals surface area contributed by atoms with E-state index in [4.69, 9.17) is 9.52 Å². The fraction of sp³-hybridized carbons (Fsp3) is 0.0833. The fourth-order valence-electron chi connectivity index (χ4n) is 1.44. The minimum absolute atomic E-state index is 0.0232. The lowest BCUT2D eigenvalue weighted by Crippen LogP contribution is -1.92. The van der Waals surface area contributed by atoms with E-state index in [0.29, 0.717) is 12.2 Å². The van der Waals surface area contributed by atoms with Crippen molar-refractivity contribution in [2.45, 2.75) is 6.42 Å². The molecule has 1 N–H and O–H groups in total. The van der Waals surface area contributed by atoms with E-state index in [0.717, 1.165) is 10.0 Å². The molecule has 1 heterocycles. The molecule has 1 aromatic carbocycles. The number of rotatable bonds is 3. The van der Waals surface area contributed by atoms with E-state index in [2.05, 4.69) is 15.9 Å². The molecule has 2 aromatic rings. The molecule has 0 unspecified atom stereocenters. The summed E-state index contributed by atoms with van der Waals surface area (Å²) in [4.78, 5) is 10.6. The lowest BCUT2D eigenvalue weighted by Gasteiger charge is -1.98.